The molecule has 1 aromatic heterocycles. The molecule has 318 valence electrons. The van der Waals surface area contributed by atoms with E-state index in [4.69, 9.17) is 0 Å². The van der Waals surface area contributed by atoms with Crippen LogP contribution < -0.4 is 20.6 Å². The predicted molar refractivity (Wildman–Crippen MR) is 279 cm³/mol. The van der Waals surface area contributed by atoms with Crippen molar-refractivity contribution >= 4 is 77.7 Å². The molecule has 4 aliphatic rings. The topological polar surface area (TPSA) is 6.48 Å². The van der Waals surface area contributed by atoms with Gasteiger partial charge in [-0.15, -0.1) is 11.3 Å². The Morgan fingerprint density at radius 3 is 1.89 bits per heavy atom. The Bertz CT molecular complexity index is 3270. The molecular weight excluding hydrogens is 792 g/mol. The molecule has 2 nitrogen and oxygen atoms in total. The van der Waals surface area contributed by atoms with Crippen molar-refractivity contribution < 1.29 is 0 Å². The fourth-order valence-corrected chi connectivity index (χ4v) is 13.5. The average molecular weight is 851 g/mol. The number of hydrogen-bond acceptors (Lipinski definition) is 3. The zero-order valence-electron chi connectivity index (χ0n) is 39.3. The molecule has 2 aliphatic carbocycles. The Balaban J connectivity index is 1.22. The number of fused-ring (bicyclic) bond motifs is 10. The van der Waals surface area contributed by atoms with Crippen LogP contribution in [0.3, 0.4) is 0 Å². The zero-order chi connectivity index (χ0) is 44.2. The summed E-state index contributed by atoms with van der Waals surface area (Å²) in [4.78, 5) is 5.46. The minimum Gasteiger partial charge on any atom is -0.376 e. The maximum atomic E-state index is 2.80. The molecule has 0 spiro atoms. The molecule has 64 heavy (non-hydrogen) atoms. The first-order valence-electron chi connectivity index (χ1n) is 23.7. The Hall–Kier alpha value is -5.58. The second kappa shape index (κ2) is 13.5. The second-order valence-electron chi connectivity index (χ2n) is 22.4. The van der Waals surface area contributed by atoms with Gasteiger partial charge in [-0.05, 0) is 165 Å². The lowest BCUT2D eigenvalue weighted by atomic mass is 9.43. The van der Waals surface area contributed by atoms with Crippen molar-refractivity contribution in [2.75, 3.05) is 9.71 Å². The van der Waals surface area contributed by atoms with E-state index in [1.807, 2.05) is 11.3 Å². The summed E-state index contributed by atoms with van der Waals surface area (Å²) in [7, 11) is 0. The second-order valence-corrected chi connectivity index (χ2v) is 23.5. The summed E-state index contributed by atoms with van der Waals surface area (Å²) in [6.45, 7) is 24.3. The lowest BCUT2D eigenvalue weighted by Gasteiger charge is -2.48. The third-order valence-corrected chi connectivity index (χ3v) is 17.5. The monoisotopic (exact) mass is 850 g/mol. The van der Waals surface area contributed by atoms with Crippen molar-refractivity contribution in [2.45, 2.75) is 117 Å². The molecule has 4 heteroatoms. The van der Waals surface area contributed by atoms with Gasteiger partial charge in [0.2, 0.25) is 0 Å². The van der Waals surface area contributed by atoms with Crippen LogP contribution in [-0.2, 0) is 21.7 Å². The maximum absolute atomic E-state index is 2.80. The highest BCUT2D eigenvalue weighted by Gasteiger charge is 2.48. The number of hydrogen-bond donors (Lipinski definition) is 0. The van der Waals surface area contributed by atoms with E-state index < -0.39 is 0 Å². The highest BCUT2D eigenvalue weighted by atomic mass is 32.1. The van der Waals surface area contributed by atoms with Crippen molar-refractivity contribution in [1.29, 1.82) is 0 Å². The van der Waals surface area contributed by atoms with Gasteiger partial charge in [-0.3, -0.25) is 0 Å². The highest BCUT2D eigenvalue weighted by Crippen LogP contribution is 2.55. The lowest BCUT2D eigenvalue weighted by Crippen LogP contribution is -2.61. The first kappa shape index (κ1) is 40.0. The summed E-state index contributed by atoms with van der Waals surface area (Å²) in [5.74, 6) is 0. The third-order valence-electron chi connectivity index (χ3n) is 16.3. The summed E-state index contributed by atoms with van der Waals surface area (Å²) in [6, 6.07) is 50.0. The predicted octanol–water partition coefficient (Wildman–Crippen LogP) is 15.7. The smallest absolute Gasteiger partial charge is 0.333 e. The molecule has 8 aromatic rings. The molecule has 0 saturated heterocycles. The number of aryl methyl sites for hydroxylation is 2. The van der Waals surface area contributed by atoms with Crippen LogP contribution in [0.15, 0.2) is 127 Å². The van der Waals surface area contributed by atoms with Crippen LogP contribution in [0.5, 0.6) is 0 Å². The molecule has 2 aliphatic heterocycles. The Kier molecular flexibility index (Phi) is 8.42. The van der Waals surface area contributed by atoms with Gasteiger partial charge in [0.1, 0.15) is 0 Å². The van der Waals surface area contributed by atoms with Crippen LogP contribution >= 0.6 is 11.3 Å². The van der Waals surface area contributed by atoms with E-state index in [1.165, 1.54) is 141 Å². The fraction of sp³-hybridized carbons (Fsp3) is 0.300. The van der Waals surface area contributed by atoms with Crippen LogP contribution in [-0.4, -0.2) is 6.85 Å². The van der Waals surface area contributed by atoms with Gasteiger partial charge in [-0.25, -0.2) is 0 Å². The number of anilines is 5. The standard InChI is InChI=1S/C60H59BN2S/c1-36-30-43-41-22-25-53-54(42-18-14-15-19-52(42)64-53)56(41)63(40-21-23-44-46(34-40)59(7,8)27-26-57(44,3)4)61-48-33-39(38-16-12-11-13-17-38)20-24-49(48)62(51(31-36)55(43)61)50-35-47-45(32-37(50)2)58(5,6)28-29-60(47,9)10/h11-25,30-35H,26-29H2,1-10H3. The molecule has 0 radical (unpaired) electrons. The van der Waals surface area contributed by atoms with Crippen molar-refractivity contribution in [2.24, 2.45) is 0 Å². The van der Waals surface area contributed by atoms with Crippen LogP contribution in [0.25, 0.3) is 42.4 Å². The molecule has 0 N–H and O–H groups in total. The number of nitrogens with zero attached hydrogens (tertiary/aromatic N) is 2. The normalized spacial score (nSPS) is 18.3. The van der Waals surface area contributed by atoms with Crippen LogP contribution in [0.2, 0.25) is 0 Å². The minimum absolute atomic E-state index is 0.0643. The average Bonchev–Trinajstić information content (AvgIpc) is 3.66. The molecule has 0 unspecified atom stereocenters. The number of thiophene rings is 1. The van der Waals surface area contributed by atoms with Gasteiger partial charge in [-0.2, -0.15) is 0 Å². The maximum Gasteiger partial charge on any atom is 0.333 e. The van der Waals surface area contributed by atoms with Gasteiger partial charge >= 0.3 is 6.85 Å². The van der Waals surface area contributed by atoms with E-state index >= 15 is 0 Å². The quantitative estimate of drug-likeness (QED) is 0.163. The molecule has 0 atom stereocenters. The summed E-state index contributed by atoms with van der Waals surface area (Å²) in [5, 5.41) is 2.70. The van der Waals surface area contributed by atoms with E-state index in [1.54, 1.807) is 0 Å². The molecule has 0 amide bonds. The third kappa shape index (κ3) is 5.70. The first-order valence-corrected chi connectivity index (χ1v) is 24.5. The van der Waals surface area contributed by atoms with Crippen molar-refractivity contribution in [1.82, 2.24) is 0 Å². The number of rotatable bonds is 3. The van der Waals surface area contributed by atoms with Crippen molar-refractivity contribution in [3.63, 3.8) is 0 Å². The Morgan fingerprint density at radius 1 is 0.500 bits per heavy atom. The van der Waals surface area contributed by atoms with Gasteiger partial charge in [0.25, 0.3) is 0 Å². The molecule has 7 aromatic carbocycles. The number of benzene rings is 7. The van der Waals surface area contributed by atoms with Crippen LogP contribution in [0.1, 0.15) is 114 Å². The van der Waals surface area contributed by atoms with E-state index in [9.17, 15) is 0 Å². The first-order chi connectivity index (χ1) is 30.5. The Labute approximate surface area is 385 Å². The molecular formula is C60H59BN2S. The largest absolute Gasteiger partial charge is 0.376 e. The molecule has 0 bridgehead atoms. The summed E-state index contributed by atoms with van der Waals surface area (Å²) in [6.07, 6.45) is 4.75. The van der Waals surface area contributed by atoms with Crippen molar-refractivity contribution in [3.05, 3.63) is 161 Å². The van der Waals surface area contributed by atoms with Gasteiger partial charge in [0, 0.05) is 54.2 Å². The summed E-state index contributed by atoms with van der Waals surface area (Å²) in [5.41, 5.74) is 23.3. The highest BCUT2D eigenvalue weighted by molar-refractivity contribution is 7.26. The lowest BCUT2D eigenvalue weighted by molar-refractivity contribution is 0.332. The molecule has 0 fully saturated rings. The van der Waals surface area contributed by atoms with E-state index in [0.29, 0.717) is 0 Å². The molecule has 12 rings (SSSR count). The van der Waals surface area contributed by atoms with E-state index in [2.05, 4.69) is 206 Å². The van der Waals surface area contributed by atoms with Crippen LogP contribution in [0.4, 0.5) is 28.4 Å². The Morgan fingerprint density at radius 2 is 1.16 bits per heavy atom. The minimum atomic E-state index is -0.0802. The van der Waals surface area contributed by atoms with E-state index in [0.717, 1.165) is 0 Å². The molecule has 3 heterocycles. The SMILES string of the molecule is Cc1cc2c3c(c1)N(c1cc4c(cc1C)C(C)(C)CCC4(C)C)c1ccc(-c4ccccc4)cc1B3N(c1ccc3c(c1)C(C)(C)CCC3(C)C)c1c-2ccc2sc3ccccc3c12. The zero-order valence-corrected chi connectivity index (χ0v) is 40.1. The van der Waals surface area contributed by atoms with Gasteiger partial charge in [0.15, 0.2) is 0 Å². The molecule has 0 saturated carbocycles. The van der Waals surface area contributed by atoms with Crippen LogP contribution in [0, 0.1) is 13.8 Å². The van der Waals surface area contributed by atoms with Crippen molar-refractivity contribution in [3.8, 4) is 22.3 Å². The van der Waals surface area contributed by atoms with Gasteiger partial charge in [-0.1, -0.05) is 140 Å². The fourth-order valence-electron chi connectivity index (χ4n) is 12.4. The van der Waals surface area contributed by atoms with E-state index in [-0.39, 0.29) is 28.5 Å². The summed E-state index contributed by atoms with van der Waals surface area (Å²) >= 11 is 1.92. The van der Waals surface area contributed by atoms with Gasteiger partial charge in [0.05, 0.1) is 0 Å². The van der Waals surface area contributed by atoms with Gasteiger partial charge < -0.3 is 9.71 Å². The summed E-state index contributed by atoms with van der Waals surface area (Å²) < 4.78 is 2.68.